The van der Waals surface area contributed by atoms with Crippen LogP contribution in [0.2, 0.25) is 6.82 Å². The van der Waals surface area contributed by atoms with E-state index in [0.29, 0.717) is 17.9 Å². The van der Waals surface area contributed by atoms with E-state index in [2.05, 4.69) is 10.3 Å². The molecule has 8 heteroatoms. The SMILES string of the molecule is CB(O)NCc1cccc(-n2nc(C(F)(F)F)cc2C)c1. The van der Waals surface area contributed by atoms with E-state index in [-0.39, 0.29) is 0 Å². The summed E-state index contributed by atoms with van der Waals surface area (Å²) in [6.45, 7) is 3.58. The topological polar surface area (TPSA) is 50.1 Å². The third-order valence-corrected chi connectivity index (χ3v) is 2.93. The second-order valence-corrected chi connectivity index (χ2v) is 4.81. The van der Waals surface area contributed by atoms with Gasteiger partial charge in [0.1, 0.15) is 0 Å². The number of hydrogen-bond donors (Lipinski definition) is 2. The lowest BCUT2D eigenvalue weighted by atomic mass is 9.88. The van der Waals surface area contributed by atoms with E-state index in [4.69, 9.17) is 0 Å². The maximum Gasteiger partial charge on any atom is 0.435 e. The fourth-order valence-corrected chi connectivity index (χ4v) is 1.94. The fraction of sp³-hybridized carbons (Fsp3) is 0.308. The Morgan fingerprint density at radius 1 is 1.33 bits per heavy atom. The van der Waals surface area contributed by atoms with E-state index >= 15 is 0 Å². The van der Waals surface area contributed by atoms with Crippen LogP contribution in [0.25, 0.3) is 5.69 Å². The van der Waals surface area contributed by atoms with Gasteiger partial charge in [-0.2, -0.15) is 18.3 Å². The first-order chi connectivity index (χ1) is 9.77. The molecule has 1 heterocycles. The van der Waals surface area contributed by atoms with Crippen LogP contribution < -0.4 is 5.23 Å². The van der Waals surface area contributed by atoms with Gasteiger partial charge in [-0.25, -0.2) is 4.68 Å². The summed E-state index contributed by atoms with van der Waals surface area (Å²) in [5.41, 5.74) is 0.889. The van der Waals surface area contributed by atoms with Crippen molar-refractivity contribution in [2.45, 2.75) is 26.5 Å². The second kappa shape index (κ2) is 5.91. The average molecular weight is 297 g/mol. The van der Waals surface area contributed by atoms with Crippen molar-refractivity contribution in [3.63, 3.8) is 0 Å². The highest BCUT2D eigenvalue weighted by Gasteiger charge is 2.34. The maximum absolute atomic E-state index is 12.7. The minimum absolute atomic E-state index is 0.406. The highest BCUT2D eigenvalue weighted by molar-refractivity contribution is 6.45. The fourth-order valence-electron chi connectivity index (χ4n) is 1.94. The molecule has 2 N–H and O–H groups in total. The predicted octanol–water partition coefficient (Wildman–Crippen LogP) is 2.40. The van der Waals surface area contributed by atoms with Crippen molar-refractivity contribution in [1.82, 2.24) is 15.0 Å². The van der Waals surface area contributed by atoms with Gasteiger partial charge in [-0.05, 0) is 37.5 Å². The summed E-state index contributed by atoms with van der Waals surface area (Å²) in [5.74, 6) is 0. The van der Waals surface area contributed by atoms with Crippen LogP contribution in [0.3, 0.4) is 0 Å². The molecule has 1 aromatic carbocycles. The summed E-state index contributed by atoms with van der Waals surface area (Å²) in [5, 5.41) is 15.6. The number of hydrogen-bond acceptors (Lipinski definition) is 3. The van der Waals surface area contributed by atoms with Gasteiger partial charge in [0.05, 0.1) is 5.69 Å². The smallest absolute Gasteiger partial charge is 0.435 e. The zero-order chi connectivity index (χ0) is 15.6. The quantitative estimate of drug-likeness (QED) is 0.852. The normalized spacial score (nSPS) is 11.7. The van der Waals surface area contributed by atoms with Crippen molar-refractivity contribution in [2.24, 2.45) is 0 Å². The molecule has 0 saturated carbocycles. The number of nitrogens with zero attached hydrogens (tertiary/aromatic N) is 2. The number of aromatic nitrogens is 2. The molecule has 0 fully saturated rings. The first-order valence-electron chi connectivity index (χ1n) is 6.42. The van der Waals surface area contributed by atoms with Crippen molar-refractivity contribution in [2.75, 3.05) is 0 Å². The highest BCUT2D eigenvalue weighted by Crippen LogP contribution is 2.29. The molecule has 2 rings (SSSR count). The molecule has 0 spiro atoms. The van der Waals surface area contributed by atoms with Gasteiger partial charge in [0, 0.05) is 12.2 Å². The molecule has 0 amide bonds. The van der Waals surface area contributed by atoms with E-state index in [0.717, 1.165) is 11.6 Å². The van der Waals surface area contributed by atoms with Crippen LogP contribution in [0.15, 0.2) is 30.3 Å². The van der Waals surface area contributed by atoms with Crippen LogP contribution in [0.5, 0.6) is 0 Å². The molecule has 0 atom stereocenters. The number of rotatable bonds is 4. The highest BCUT2D eigenvalue weighted by atomic mass is 19.4. The van der Waals surface area contributed by atoms with Gasteiger partial charge in [0.25, 0.3) is 0 Å². The van der Waals surface area contributed by atoms with Crippen LogP contribution in [-0.2, 0) is 12.7 Å². The monoisotopic (exact) mass is 297 g/mol. The molecule has 112 valence electrons. The molecule has 0 aliphatic heterocycles. The Bertz CT molecular complexity index is 625. The molecule has 0 radical (unpaired) electrons. The minimum atomic E-state index is -4.46. The Hall–Kier alpha value is -1.80. The van der Waals surface area contributed by atoms with Gasteiger partial charge < -0.3 is 10.3 Å². The lowest BCUT2D eigenvalue weighted by molar-refractivity contribution is -0.141. The van der Waals surface area contributed by atoms with Gasteiger partial charge in [0.2, 0.25) is 0 Å². The molecule has 0 saturated heterocycles. The number of halogens is 3. The van der Waals surface area contributed by atoms with Crippen LogP contribution in [0.1, 0.15) is 17.0 Å². The largest absolute Gasteiger partial charge is 0.437 e. The van der Waals surface area contributed by atoms with Crippen LogP contribution in [-0.4, -0.2) is 21.9 Å². The molecule has 4 nitrogen and oxygen atoms in total. The molecule has 0 aliphatic carbocycles. The number of nitrogens with one attached hydrogen (secondary N) is 1. The van der Waals surface area contributed by atoms with Gasteiger partial charge in [-0.3, -0.25) is 0 Å². The van der Waals surface area contributed by atoms with E-state index in [9.17, 15) is 18.2 Å². The molecule has 0 aliphatic rings. The van der Waals surface area contributed by atoms with Gasteiger partial charge >= 0.3 is 13.2 Å². The van der Waals surface area contributed by atoms with Crippen LogP contribution in [0.4, 0.5) is 13.2 Å². The lowest BCUT2D eigenvalue weighted by Gasteiger charge is -2.09. The number of aryl methyl sites for hydroxylation is 1. The zero-order valence-corrected chi connectivity index (χ0v) is 11.6. The van der Waals surface area contributed by atoms with E-state index in [1.165, 1.54) is 4.68 Å². The standard InChI is InChI=1S/C13H15BF3N3O/c1-9-6-12(13(15,16)17)19-20(9)11-5-3-4-10(7-11)8-18-14(2)21/h3-7,18,21H,8H2,1-2H3. The first-order valence-corrected chi connectivity index (χ1v) is 6.42. The molecule has 1 aromatic heterocycles. The van der Waals surface area contributed by atoms with Gasteiger partial charge in [0.15, 0.2) is 5.69 Å². The van der Waals surface area contributed by atoms with Gasteiger partial charge in [-0.1, -0.05) is 12.1 Å². The van der Waals surface area contributed by atoms with E-state index in [1.807, 2.05) is 6.07 Å². The van der Waals surface area contributed by atoms with Crippen molar-refractivity contribution < 1.29 is 18.2 Å². The second-order valence-electron chi connectivity index (χ2n) is 4.81. The molecule has 21 heavy (non-hydrogen) atoms. The Labute approximate surface area is 120 Å². The molecule has 2 aromatic rings. The summed E-state index contributed by atoms with van der Waals surface area (Å²) in [7, 11) is -0.656. The Balaban J connectivity index is 2.30. The summed E-state index contributed by atoms with van der Waals surface area (Å²) < 4.78 is 39.3. The van der Waals surface area contributed by atoms with Crippen molar-refractivity contribution in [1.29, 1.82) is 0 Å². The summed E-state index contributed by atoms with van der Waals surface area (Å²) in [4.78, 5) is 0. The van der Waals surface area contributed by atoms with Crippen molar-refractivity contribution >= 4 is 7.05 Å². The van der Waals surface area contributed by atoms with Crippen LogP contribution >= 0.6 is 0 Å². The predicted molar refractivity (Wildman–Crippen MR) is 74.0 cm³/mol. The average Bonchev–Trinajstić information content (AvgIpc) is 2.79. The Morgan fingerprint density at radius 2 is 2.05 bits per heavy atom. The van der Waals surface area contributed by atoms with Crippen molar-refractivity contribution in [3.05, 3.63) is 47.3 Å². The minimum Gasteiger partial charge on any atom is -0.437 e. The number of benzene rings is 1. The van der Waals surface area contributed by atoms with E-state index in [1.54, 1.807) is 31.9 Å². The summed E-state index contributed by atoms with van der Waals surface area (Å²) in [6.07, 6.45) is -4.46. The number of alkyl halides is 3. The molecular weight excluding hydrogens is 282 g/mol. The molecule has 0 bridgehead atoms. The molecular formula is C13H15BF3N3O. The van der Waals surface area contributed by atoms with Gasteiger partial charge in [-0.15, -0.1) is 0 Å². The Kier molecular flexibility index (Phi) is 4.39. The third kappa shape index (κ3) is 3.86. The maximum atomic E-state index is 12.7. The Morgan fingerprint density at radius 3 is 2.62 bits per heavy atom. The lowest BCUT2D eigenvalue weighted by Crippen LogP contribution is -2.29. The van der Waals surface area contributed by atoms with Crippen molar-refractivity contribution in [3.8, 4) is 5.69 Å². The first kappa shape index (κ1) is 15.6. The van der Waals surface area contributed by atoms with Crippen LogP contribution in [0, 0.1) is 6.92 Å². The summed E-state index contributed by atoms with van der Waals surface area (Å²) in [6, 6.07) is 7.99. The summed E-state index contributed by atoms with van der Waals surface area (Å²) >= 11 is 0. The van der Waals surface area contributed by atoms with E-state index < -0.39 is 18.9 Å². The zero-order valence-electron chi connectivity index (χ0n) is 11.6. The molecule has 0 unspecified atom stereocenters. The third-order valence-electron chi connectivity index (χ3n) is 2.93.